The lowest BCUT2D eigenvalue weighted by Gasteiger charge is -2.19. The Balaban J connectivity index is 2.13. The molecule has 0 spiro atoms. The van der Waals surface area contributed by atoms with Gasteiger partial charge in [-0.15, -0.1) is 0 Å². The van der Waals surface area contributed by atoms with Crippen LogP contribution >= 0.6 is 0 Å². The second-order valence-electron chi connectivity index (χ2n) is 8.01. The first-order valence-corrected chi connectivity index (χ1v) is 10.9. The third kappa shape index (κ3) is 5.28. The zero-order chi connectivity index (χ0) is 24.8. The van der Waals surface area contributed by atoms with Crippen LogP contribution in [0.2, 0.25) is 0 Å². The van der Waals surface area contributed by atoms with Gasteiger partial charge >= 0.3 is 12.0 Å². The van der Waals surface area contributed by atoms with Crippen molar-refractivity contribution in [2.75, 3.05) is 31.9 Å². The van der Waals surface area contributed by atoms with Gasteiger partial charge in [0.05, 0.1) is 19.8 Å². The number of hydrogen-bond acceptors (Lipinski definition) is 6. The molecule has 0 saturated carbocycles. The fraction of sp³-hybridized carbons (Fsp3) is 0.269. The Morgan fingerprint density at radius 2 is 1.68 bits per heavy atom. The van der Waals surface area contributed by atoms with Gasteiger partial charge in [0.25, 0.3) is 0 Å². The zero-order valence-electron chi connectivity index (χ0n) is 20.3. The number of hydrogen-bond donors (Lipinski definition) is 3. The molecule has 8 nitrogen and oxygen atoms in total. The van der Waals surface area contributed by atoms with E-state index < -0.39 is 5.97 Å². The number of aromatic nitrogens is 1. The molecule has 0 atom stereocenters. The molecule has 1 heterocycles. The number of urea groups is 1. The average molecular weight is 463 g/mol. The van der Waals surface area contributed by atoms with E-state index in [1.54, 1.807) is 38.6 Å². The monoisotopic (exact) mass is 462 g/mol. The van der Waals surface area contributed by atoms with Gasteiger partial charge in [0, 0.05) is 47.2 Å². The third-order valence-corrected chi connectivity index (χ3v) is 5.30. The second kappa shape index (κ2) is 10.7. The first-order valence-electron chi connectivity index (χ1n) is 10.9. The molecule has 1 aromatic heterocycles. The molecule has 34 heavy (non-hydrogen) atoms. The third-order valence-electron chi connectivity index (χ3n) is 5.30. The highest BCUT2D eigenvalue weighted by atomic mass is 16.5. The summed E-state index contributed by atoms with van der Waals surface area (Å²) in [5.74, 6) is 0.938. The van der Waals surface area contributed by atoms with Crippen molar-refractivity contribution in [2.45, 2.75) is 26.8 Å². The molecule has 0 aliphatic heterocycles. The molecule has 3 N–H and O–H groups in total. The van der Waals surface area contributed by atoms with Gasteiger partial charge in [-0.2, -0.15) is 0 Å². The Labute approximate surface area is 199 Å². The SMILES string of the molecule is CNC(=O)Nc1ccc(-c2cc(C(=O)OC)c(-c3ccc(NC(C)C)nc3)c(C)c2OC)cc1. The van der Waals surface area contributed by atoms with E-state index >= 15 is 0 Å². The highest BCUT2D eigenvalue weighted by Gasteiger charge is 2.23. The Hall–Kier alpha value is -4.07. The Morgan fingerprint density at radius 3 is 2.21 bits per heavy atom. The van der Waals surface area contributed by atoms with Crippen LogP contribution in [0.4, 0.5) is 16.3 Å². The number of carbonyl (C=O) groups excluding carboxylic acids is 2. The molecule has 0 saturated heterocycles. The number of ether oxygens (including phenoxy) is 2. The molecular weight excluding hydrogens is 432 g/mol. The largest absolute Gasteiger partial charge is 0.496 e. The molecule has 0 unspecified atom stereocenters. The minimum atomic E-state index is -0.454. The van der Waals surface area contributed by atoms with Crippen molar-refractivity contribution in [1.29, 1.82) is 0 Å². The number of methoxy groups -OCH3 is 2. The predicted molar refractivity (Wildman–Crippen MR) is 135 cm³/mol. The van der Waals surface area contributed by atoms with E-state index in [1.165, 1.54) is 7.11 Å². The summed E-state index contributed by atoms with van der Waals surface area (Å²) in [5.41, 5.74) is 4.89. The van der Waals surface area contributed by atoms with Gasteiger partial charge in [0.2, 0.25) is 0 Å². The van der Waals surface area contributed by atoms with Gasteiger partial charge in [-0.1, -0.05) is 12.1 Å². The van der Waals surface area contributed by atoms with Gasteiger partial charge in [-0.25, -0.2) is 14.6 Å². The second-order valence-corrected chi connectivity index (χ2v) is 8.01. The number of anilines is 2. The number of nitrogens with zero attached hydrogens (tertiary/aromatic N) is 1. The van der Waals surface area contributed by atoms with Gasteiger partial charge in [0.1, 0.15) is 11.6 Å². The summed E-state index contributed by atoms with van der Waals surface area (Å²) >= 11 is 0. The molecule has 2 amide bonds. The minimum Gasteiger partial charge on any atom is -0.496 e. The van der Waals surface area contributed by atoms with Crippen molar-refractivity contribution in [3.05, 3.63) is 59.8 Å². The number of amides is 2. The van der Waals surface area contributed by atoms with Crippen LogP contribution in [-0.4, -0.2) is 44.3 Å². The summed E-state index contributed by atoms with van der Waals surface area (Å²) < 4.78 is 10.9. The lowest BCUT2D eigenvalue weighted by molar-refractivity contribution is 0.0601. The lowest BCUT2D eigenvalue weighted by atomic mass is 9.90. The van der Waals surface area contributed by atoms with E-state index in [0.717, 1.165) is 28.1 Å². The fourth-order valence-electron chi connectivity index (χ4n) is 3.77. The van der Waals surface area contributed by atoms with E-state index in [9.17, 15) is 9.59 Å². The highest BCUT2D eigenvalue weighted by molar-refractivity contribution is 6.01. The van der Waals surface area contributed by atoms with E-state index in [4.69, 9.17) is 9.47 Å². The van der Waals surface area contributed by atoms with Crippen LogP contribution in [0.15, 0.2) is 48.7 Å². The van der Waals surface area contributed by atoms with E-state index in [2.05, 4.69) is 20.9 Å². The smallest absolute Gasteiger partial charge is 0.338 e. The Kier molecular flexibility index (Phi) is 7.73. The number of rotatable bonds is 7. The number of benzene rings is 2. The molecule has 8 heteroatoms. The maximum Gasteiger partial charge on any atom is 0.338 e. The number of esters is 1. The Bertz CT molecular complexity index is 1170. The van der Waals surface area contributed by atoms with Crippen LogP contribution in [0.3, 0.4) is 0 Å². The van der Waals surface area contributed by atoms with Crippen molar-refractivity contribution in [1.82, 2.24) is 10.3 Å². The molecule has 0 radical (unpaired) electrons. The summed E-state index contributed by atoms with van der Waals surface area (Å²) in [4.78, 5) is 28.9. The summed E-state index contributed by atoms with van der Waals surface area (Å²) in [6.07, 6.45) is 1.73. The van der Waals surface area contributed by atoms with Gasteiger partial charge in [0.15, 0.2) is 0 Å². The van der Waals surface area contributed by atoms with Crippen molar-refractivity contribution in [2.24, 2.45) is 0 Å². The number of nitrogens with one attached hydrogen (secondary N) is 3. The predicted octanol–water partition coefficient (Wildman–Crippen LogP) is 5.09. The molecule has 0 aliphatic rings. The first-order chi connectivity index (χ1) is 16.3. The number of pyridine rings is 1. The molecule has 0 bridgehead atoms. The van der Waals surface area contributed by atoms with Gasteiger partial charge in [-0.05, 0) is 56.7 Å². The minimum absolute atomic E-state index is 0.253. The maximum atomic E-state index is 12.8. The normalized spacial score (nSPS) is 10.6. The average Bonchev–Trinajstić information content (AvgIpc) is 2.83. The summed E-state index contributed by atoms with van der Waals surface area (Å²) in [6.45, 7) is 5.99. The van der Waals surface area contributed by atoms with Crippen LogP contribution < -0.4 is 20.7 Å². The maximum absolute atomic E-state index is 12.8. The van der Waals surface area contributed by atoms with E-state index in [1.807, 2.05) is 45.0 Å². The van der Waals surface area contributed by atoms with Crippen LogP contribution in [0.25, 0.3) is 22.3 Å². The summed E-state index contributed by atoms with van der Waals surface area (Å²) in [7, 11) is 4.51. The van der Waals surface area contributed by atoms with Crippen molar-refractivity contribution >= 4 is 23.5 Å². The highest BCUT2D eigenvalue weighted by Crippen LogP contribution is 2.41. The topological polar surface area (TPSA) is 102 Å². The molecule has 178 valence electrons. The fourth-order valence-corrected chi connectivity index (χ4v) is 3.77. The molecule has 2 aromatic carbocycles. The number of carbonyl (C=O) groups is 2. The quantitative estimate of drug-likeness (QED) is 0.423. The van der Waals surface area contributed by atoms with Crippen molar-refractivity contribution in [3.8, 4) is 28.0 Å². The molecule has 3 aromatic rings. The van der Waals surface area contributed by atoms with Crippen LogP contribution in [0.1, 0.15) is 29.8 Å². The summed E-state index contributed by atoms with van der Waals surface area (Å²) in [5, 5.41) is 8.51. The van der Waals surface area contributed by atoms with E-state index in [-0.39, 0.29) is 12.1 Å². The standard InChI is InChI=1S/C26H30N4O4/c1-15(2)29-22-12-9-18(14-28-22)23-16(3)24(33-5)20(13-21(23)25(31)34-6)17-7-10-19(11-8-17)30-26(32)27-4/h7-15H,1-6H3,(H,28,29)(H2,27,30,32). The molecular formula is C26H30N4O4. The van der Waals surface area contributed by atoms with Crippen molar-refractivity contribution < 1.29 is 19.1 Å². The van der Waals surface area contributed by atoms with Crippen molar-refractivity contribution in [3.63, 3.8) is 0 Å². The first kappa shape index (κ1) is 24.6. The molecule has 0 fully saturated rings. The zero-order valence-corrected chi connectivity index (χ0v) is 20.3. The molecule has 0 aliphatic carbocycles. The molecule has 3 rings (SSSR count). The van der Waals surface area contributed by atoms with Crippen LogP contribution in [0.5, 0.6) is 5.75 Å². The lowest BCUT2D eigenvalue weighted by Crippen LogP contribution is -2.24. The van der Waals surface area contributed by atoms with Crippen LogP contribution in [-0.2, 0) is 4.74 Å². The van der Waals surface area contributed by atoms with Gasteiger partial charge < -0.3 is 25.4 Å². The van der Waals surface area contributed by atoms with Gasteiger partial charge in [-0.3, -0.25) is 0 Å². The van der Waals surface area contributed by atoms with E-state index in [0.29, 0.717) is 22.6 Å². The summed E-state index contributed by atoms with van der Waals surface area (Å²) in [6, 6.07) is 12.8. The Morgan fingerprint density at radius 1 is 1.00 bits per heavy atom. The van der Waals surface area contributed by atoms with Crippen LogP contribution in [0, 0.1) is 6.92 Å².